The Hall–Kier alpha value is -0.980. The van der Waals surface area contributed by atoms with Crippen LogP contribution >= 0.6 is 0 Å². The predicted octanol–water partition coefficient (Wildman–Crippen LogP) is 1.79. The molecule has 1 aliphatic heterocycles. The lowest BCUT2D eigenvalue weighted by Gasteiger charge is -2.35. The Balaban J connectivity index is 3.17. The highest BCUT2D eigenvalue weighted by atomic mass is 16.5. The molecule has 6 nitrogen and oxygen atoms in total. The van der Waals surface area contributed by atoms with Crippen LogP contribution in [0.5, 0.6) is 0 Å². The van der Waals surface area contributed by atoms with Crippen molar-refractivity contribution in [1.82, 2.24) is 0 Å². The minimum atomic E-state index is -1.06. The fourth-order valence-corrected chi connectivity index (χ4v) is 3.88. The number of ketones is 1. The zero-order chi connectivity index (χ0) is 20.3. The number of carbonyl (C=O) groups is 2. The molecule has 26 heavy (non-hydrogen) atoms. The number of Topliss-reactive ketones (excluding diaryl/α,β-unsaturated/α-hetero) is 1. The largest absolute Gasteiger partial charge is 0.462 e. The summed E-state index contributed by atoms with van der Waals surface area (Å²) in [6.07, 6.45) is -2.98. The van der Waals surface area contributed by atoms with Crippen LogP contribution in [0.3, 0.4) is 0 Å². The number of rotatable bonds is 0. The van der Waals surface area contributed by atoms with Gasteiger partial charge in [0.1, 0.15) is 11.9 Å². The Kier molecular flexibility index (Phi) is 8.24. The van der Waals surface area contributed by atoms with Crippen molar-refractivity contribution >= 4 is 11.8 Å². The van der Waals surface area contributed by atoms with Gasteiger partial charge >= 0.3 is 5.97 Å². The van der Waals surface area contributed by atoms with E-state index in [0.717, 1.165) is 0 Å². The second-order valence-corrected chi connectivity index (χ2v) is 8.43. The monoisotopic (exact) mass is 372 g/mol. The van der Waals surface area contributed by atoms with Gasteiger partial charge in [-0.25, -0.2) is 0 Å². The van der Waals surface area contributed by atoms with Gasteiger partial charge in [0.15, 0.2) is 0 Å². The molecule has 0 unspecified atom stereocenters. The van der Waals surface area contributed by atoms with E-state index in [9.17, 15) is 24.9 Å². The minimum absolute atomic E-state index is 0.0689. The first-order chi connectivity index (χ1) is 11.9. The molecule has 1 rings (SSSR count). The highest BCUT2D eigenvalue weighted by Gasteiger charge is 2.39. The van der Waals surface area contributed by atoms with Crippen LogP contribution in [0, 0.1) is 35.5 Å². The highest BCUT2D eigenvalue weighted by molar-refractivity contribution is 5.83. The molecule has 1 saturated heterocycles. The molecule has 1 fully saturated rings. The van der Waals surface area contributed by atoms with Crippen molar-refractivity contribution in [2.24, 2.45) is 35.5 Å². The van der Waals surface area contributed by atoms with Crippen molar-refractivity contribution in [3.05, 3.63) is 0 Å². The summed E-state index contributed by atoms with van der Waals surface area (Å²) in [7, 11) is 0. The van der Waals surface area contributed by atoms with Crippen molar-refractivity contribution in [2.45, 2.75) is 79.3 Å². The number of cyclic esters (lactones) is 1. The molecule has 0 bridgehead atoms. The second kappa shape index (κ2) is 9.29. The minimum Gasteiger partial charge on any atom is -0.462 e. The average molecular weight is 373 g/mol. The van der Waals surface area contributed by atoms with Gasteiger partial charge in [0.2, 0.25) is 0 Å². The predicted molar refractivity (Wildman–Crippen MR) is 98.2 cm³/mol. The molecule has 1 heterocycles. The van der Waals surface area contributed by atoms with Gasteiger partial charge in [0.25, 0.3) is 0 Å². The lowest BCUT2D eigenvalue weighted by atomic mass is 9.77. The quantitative estimate of drug-likeness (QED) is 0.560. The molecule has 0 radical (unpaired) electrons. The van der Waals surface area contributed by atoms with Crippen LogP contribution < -0.4 is 0 Å². The highest BCUT2D eigenvalue weighted by Crippen LogP contribution is 2.30. The summed E-state index contributed by atoms with van der Waals surface area (Å²) in [4.78, 5) is 25.1. The van der Waals surface area contributed by atoms with E-state index >= 15 is 0 Å². The third-order valence-electron chi connectivity index (χ3n) is 6.30. The van der Waals surface area contributed by atoms with Crippen molar-refractivity contribution in [2.75, 3.05) is 0 Å². The number of hydrogen-bond acceptors (Lipinski definition) is 6. The third kappa shape index (κ3) is 5.05. The summed E-state index contributed by atoms with van der Waals surface area (Å²) in [5.74, 6) is -3.52. The standard InChI is InChI=1S/C20H36O6/c1-9-8-10(2)17(22)13(5)19(24)14(6)20(25)26-15(7)11(3)18(23)12(4)16(9)21/h9-15,17-19,22-24H,8H2,1-7H3/t9-,10-,11-,12-,13+,14+,15+,17-,18-,19-/m0/s1. The van der Waals surface area contributed by atoms with Gasteiger partial charge in [-0.3, -0.25) is 9.59 Å². The maximum Gasteiger partial charge on any atom is 0.311 e. The maximum atomic E-state index is 12.7. The van der Waals surface area contributed by atoms with E-state index in [2.05, 4.69) is 0 Å². The fraction of sp³-hybridized carbons (Fsp3) is 0.900. The van der Waals surface area contributed by atoms with Crippen LogP contribution in [0.4, 0.5) is 0 Å². The SMILES string of the molecule is C[C@@H]1[C@@H](O)[C@@H](C)C[C@H](C)C(=O)[C@H](C)[C@@H](O)[C@@H](C)[C@@H](C)OC(=O)[C@H](C)[C@H]1O. The van der Waals surface area contributed by atoms with Gasteiger partial charge in [-0.15, -0.1) is 0 Å². The van der Waals surface area contributed by atoms with Gasteiger partial charge in [-0.05, 0) is 26.2 Å². The zero-order valence-corrected chi connectivity index (χ0v) is 17.0. The van der Waals surface area contributed by atoms with E-state index in [1.807, 2.05) is 6.92 Å². The van der Waals surface area contributed by atoms with E-state index < -0.39 is 54.1 Å². The first-order valence-electron chi connectivity index (χ1n) is 9.68. The fourth-order valence-electron chi connectivity index (χ4n) is 3.88. The normalized spacial score (nSPS) is 47.2. The summed E-state index contributed by atoms with van der Waals surface area (Å²) in [6.45, 7) is 12.0. The van der Waals surface area contributed by atoms with Gasteiger partial charge in [0.05, 0.1) is 24.2 Å². The number of carbonyl (C=O) groups excluding carboxylic acids is 2. The van der Waals surface area contributed by atoms with E-state index in [1.165, 1.54) is 0 Å². The summed E-state index contributed by atoms with van der Waals surface area (Å²) in [5.41, 5.74) is 0. The molecule has 10 atom stereocenters. The van der Waals surface area contributed by atoms with E-state index in [1.54, 1.807) is 41.5 Å². The molecule has 0 amide bonds. The summed E-state index contributed by atoms with van der Waals surface area (Å²) in [6, 6.07) is 0. The van der Waals surface area contributed by atoms with Crippen LogP contribution in [-0.4, -0.2) is 51.5 Å². The number of hydrogen-bond donors (Lipinski definition) is 3. The number of esters is 1. The smallest absolute Gasteiger partial charge is 0.311 e. The van der Waals surface area contributed by atoms with Crippen LogP contribution in [0.1, 0.15) is 54.9 Å². The molecule has 0 aromatic carbocycles. The number of aliphatic hydroxyl groups is 3. The average Bonchev–Trinajstić information content (AvgIpc) is 2.61. The lowest BCUT2D eigenvalue weighted by Crippen LogP contribution is -2.45. The van der Waals surface area contributed by atoms with E-state index in [4.69, 9.17) is 4.74 Å². The van der Waals surface area contributed by atoms with E-state index in [0.29, 0.717) is 6.42 Å². The summed E-state index contributed by atoms with van der Waals surface area (Å²) >= 11 is 0. The van der Waals surface area contributed by atoms with Crippen molar-refractivity contribution in [1.29, 1.82) is 0 Å². The Morgan fingerprint density at radius 3 is 1.81 bits per heavy atom. The number of aliphatic hydroxyl groups excluding tert-OH is 3. The molecule has 152 valence electrons. The second-order valence-electron chi connectivity index (χ2n) is 8.43. The van der Waals surface area contributed by atoms with Crippen molar-refractivity contribution < 1.29 is 29.6 Å². The third-order valence-corrected chi connectivity index (χ3v) is 6.30. The van der Waals surface area contributed by atoms with Crippen LogP contribution in [0.25, 0.3) is 0 Å². The topological polar surface area (TPSA) is 104 Å². The molecule has 0 aromatic heterocycles. The van der Waals surface area contributed by atoms with Gasteiger partial charge in [0, 0.05) is 23.7 Å². The molecule has 0 aromatic rings. The zero-order valence-electron chi connectivity index (χ0n) is 17.0. The van der Waals surface area contributed by atoms with Gasteiger partial charge < -0.3 is 20.1 Å². The van der Waals surface area contributed by atoms with Crippen LogP contribution in [0.2, 0.25) is 0 Å². The summed E-state index contributed by atoms with van der Waals surface area (Å²) in [5, 5.41) is 31.6. The first-order valence-corrected chi connectivity index (χ1v) is 9.68. The van der Waals surface area contributed by atoms with Crippen molar-refractivity contribution in [3.8, 4) is 0 Å². The van der Waals surface area contributed by atoms with Crippen LogP contribution in [0.15, 0.2) is 0 Å². The first kappa shape index (κ1) is 23.1. The molecule has 6 heteroatoms. The lowest BCUT2D eigenvalue weighted by molar-refractivity contribution is -0.164. The Morgan fingerprint density at radius 2 is 1.27 bits per heavy atom. The molecule has 3 N–H and O–H groups in total. The molecule has 1 aliphatic rings. The number of ether oxygens (including phenoxy) is 1. The summed E-state index contributed by atoms with van der Waals surface area (Å²) < 4.78 is 5.43. The Labute approximate surface area is 156 Å². The van der Waals surface area contributed by atoms with Gasteiger partial charge in [-0.1, -0.05) is 34.6 Å². The Morgan fingerprint density at radius 1 is 0.769 bits per heavy atom. The molecule has 0 saturated carbocycles. The van der Waals surface area contributed by atoms with Gasteiger partial charge in [-0.2, -0.15) is 0 Å². The van der Waals surface area contributed by atoms with Crippen LogP contribution in [-0.2, 0) is 14.3 Å². The molecular weight excluding hydrogens is 336 g/mol. The molecule has 0 spiro atoms. The molecule has 0 aliphatic carbocycles. The molecular formula is C20H36O6. The maximum absolute atomic E-state index is 12.7. The Bertz CT molecular complexity index is 493. The van der Waals surface area contributed by atoms with Crippen molar-refractivity contribution in [3.63, 3.8) is 0 Å². The van der Waals surface area contributed by atoms with E-state index in [-0.39, 0.29) is 17.6 Å².